The largest absolute Gasteiger partial charge is 0.496 e. The van der Waals surface area contributed by atoms with Crippen LogP contribution in [0.15, 0.2) is 30.9 Å². The van der Waals surface area contributed by atoms with Crippen LogP contribution in [0.25, 0.3) is 0 Å². The lowest BCUT2D eigenvalue weighted by molar-refractivity contribution is -0.0744. The summed E-state index contributed by atoms with van der Waals surface area (Å²) in [7, 11) is 1.62. The lowest BCUT2D eigenvalue weighted by Gasteiger charge is -2.61. The zero-order chi connectivity index (χ0) is 18.6. The van der Waals surface area contributed by atoms with Gasteiger partial charge in [0, 0.05) is 5.54 Å². The molecule has 2 aromatic rings. The third-order valence-corrected chi connectivity index (χ3v) is 7.00. The van der Waals surface area contributed by atoms with Gasteiger partial charge in [-0.05, 0) is 68.9 Å². The number of rotatable bonds is 4. The number of ether oxygens (including phenoxy) is 1. The van der Waals surface area contributed by atoms with Gasteiger partial charge in [-0.15, -0.1) is 0 Å². The van der Waals surface area contributed by atoms with Crippen molar-refractivity contribution >= 4 is 5.91 Å². The predicted molar refractivity (Wildman–Crippen MR) is 101 cm³/mol. The molecule has 1 aromatic carbocycles. The van der Waals surface area contributed by atoms with Gasteiger partial charge in [0.15, 0.2) is 0 Å². The van der Waals surface area contributed by atoms with E-state index in [1.807, 2.05) is 31.5 Å². The van der Waals surface area contributed by atoms with Crippen molar-refractivity contribution in [2.24, 2.45) is 11.8 Å². The van der Waals surface area contributed by atoms with Gasteiger partial charge in [0.2, 0.25) is 0 Å². The van der Waals surface area contributed by atoms with E-state index < -0.39 is 0 Å². The number of nitrogens with one attached hydrogen (secondary N) is 1. The number of nitrogens with zero attached hydrogens (tertiary/aromatic N) is 3. The molecule has 4 aliphatic rings. The Morgan fingerprint density at radius 3 is 2.70 bits per heavy atom. The highest BCUT2D eigenvalue weighted by molar-refractivity contribution is 5.98. The van der Waals surface area contributed by atoms with Gasteiger partial charge in [-0.3, -0.25) is 4.79 Å². The number of aromatic nitrogens is 3. The molecule has 6 nitrogen and oxygen atoms in total. The molecule has 4 bridgehead atoms. The number of aryl methyl sites for hydroxylation is 1. The molecule has 142 valence electrons. The van der Waals surface area contributed by atoms with Gasteiger partial charge in [0.1, 0.15) is 18.4 Å². The second-order valence-corrected chi connectivity index (χ2v) is 8.91. The monoisotopic (exact) mass is 366 g/mol. The SMILES string of the molecule is COc1cccc(C)c1C(=O)NC12CC3CC(C1)CC(n1cncn1)(C3)C2. The molecule has 0 aliphatic heterocycles. The Morgan fingerprint density at radius 1 is 1.26 bits per heavy atom. The van der Waals surface area contributed by atoms with Crippen LogP contribution in [-0.2, 0) is 5.54 Å². The molecule has 1 heterocycles. The first kappa shape index (κ1) is 16.8. The van der Waals surface area contributed by atoms with Gasteiger partial charge in [-0.25, -0.2) is 9.67 Å². The Kier molecular flexibility index (Phi) is 3.61. The molecule has 2 atom stereocenters. The quantitative estimate of drug-likeness (QED) is 0.903. The minimum Gasteiger partial charge on any atom is -0.496 e. The molecule has 1 amide bonds. The third kappa shape index (κ3) is 2.57. The molecule has 6 rings (SSSR count). The highest BCUT2D eigenvalue weighted by atomic mass is 16.5. The molecule has 0 spiro atoms. The molecule has 1 aromatic heterocycles. The smallest absolute Gasteiger partial charge is 0.255 e. The van der Waals surface area contributed by atoms with Crippen molar-refractivity contribution in [2.75, 3.05) is 7.11 Å². The van der Waals surface area contributed by atoms with E-state index in [2.05, 4.69) is 20.1 Å². The van der Waals surface area contributed by atoms with Crippen molar-refractivity contribution < 1.29 is 9.53 Å². The summed E-state index contributed by atoms with van der Waals surface area (Å²) in [5, 5.41) is 7.95. The van der Waals surface area contributed by atoms with Crippen LogP contribution >= 0.6 is 0 Å². The molecule has 4 aliphatic carbocycles. The number of amides is 1. The fraction of sp³-hybridized carbons (Fsp3) is 0.571. The molecule has 6 heteroatoms. The number of carbonyl (C=O) groups is 1. The second-order valence-electron chi connectivity index (χ2n) is 8.91. The molecule has 4 fully saturated rings. The Morgan fingerprint density at radius 2 is 2.04 bits per heavy atom. The van der Waals surface area contributed by atoms with E-state index in [1.54, 1.807) is 13.4 Å². The maximum absolute atomic E-state index is 13.3. The summed E-state index contributed by atoms with van der Waals surface area (Å²) in [5.41, 5.74) is 1.46. The summed E-state index contributed by atoms with van der Waals surface area (Å²) in [5.74, 6) is 1.92. The van der Waals surface area contributed by atoms with Gasteiger partial charge in [0.25, 0.3) is 5.91 Å². The fourth-order valence-electron chi connectivity index (χ4n) is 6.49. The summed E-state index contributed by atoms with van der Waals surface area (Å²) in [6, 6.07) is 5.75. The fourth-order valence-corrected chi connectivity index (χ4v) is 6.49. The van der Waals surface area contributed by atoms with Crippen LogP contribution in [0.3, 0.4) is 0 Å². The van der Waals surface area contributed by atoms with Crippen molar-refractivity contribution in [1.29, 1.82) is 0 Å². The minimum absolute atomic E-state index is 0.00365. The van der Waals surface area contributed by atoms with Crippen molar-refractivity contribution in [3.63, 3.8) is 0 Å². The zero-order valence-electron chi connectivity index (χ0n) is 15.9. The average Bonchev–Trinajstić information content (AvgIpc) is 3.15. The Labute approximate surface area is 159 Å². The van der Waals surface area contributed by atoms with Gasteiger partial charge in [-0.1, -0.05) is 12.1 Å². The van der Waals surface area contributed by atoms with Gasteiger partial charge >= 0.3 is 0 Å². The molecular formula is C21H26N4O2. The van der Waals surface area contributed by atoms with E-state index in [1.165, 1.54) is 6.42 Å². The second kappa shape index (κ2) is 5.81. The van der Waals surface area contributed by atoms with E-state index in [-0.39, 0.29) is 17.0 Å². The molecule has 4 saturated carbocycles. The van der Waals surface area contributed by atoms with E-state index >= 15 is 0 Å². The molecule has 0 saturated heterocycles. The standard InChI is InChI=1S/C21H26N4O2/c1-14-4-3-5-17(27-2)18(14)19(26)24-20-7-15-6-16(8-20)10-21(9-15,11-20)25-13-22-12-23-25/h3-5,12-13,15-16H,6-11H2,1-2H3,(H,24,26). The normalized spacial score (nSPS) is 33.9. The van der Waals surface area contributed by atoms with Crippen molar-refractivity contribution in [2.45, 2.75) is 56.5 Å². The van der Waals surface area contributed by atoms with Crippen LogP contribution in [0.1, 0.15) is 54.4 Å². The van der Waals surface area contributed by atoms with Crippen LogP contribution in [-0.4, -0.2) is 33.3 Å². The molecule has 1 N–H and O–H groups in total. The summed E-state index contributed by atoms with van der Waals surface area (Å²) in [6.07, 6.45) is 10.1. The van der Waals surface area contributed by atoms with Crippen molar-refractivity contribution in [3.8, 4) is 5.75 Å². The van der Waals surface area contributed by atoms with Crippen LogP contribution in [0.2, 0.25) is 0 Å². The zero-order valence-corrected chi connectivity index (χ0v) is 15.9. The van der Waals surface area contributed by atoms with E-state index in [9.17, 15) is 4.79 Å². The van der Waals surface area contributed by atoms with Gasteiger partial charge in [-0.2, -0.15) is 5.10 Å². The number of hydrogen-bond donors (Lipinski definition) is 1. The molecule has 0 radical (unpaired) electrons. The first-order chi connectivity index (χ1) is 13.0. The van der Waals surface area contributed by atoms with Crippen LogP contribution in [0, 0.1) is 18.8 Å². The van der Waals surface area contributed by atoms with Crippen LogP contribution < -0.4 is 10.1 Å². The number of hydrogen-bond acceptors (Lipinski definition) is 4. The molecule has 2 unspecified atom stereocenters. The summed E-state index contributed by atoms with van der Waals surface area (Å²) < 4.78 is 7.53. The first-order valence-corrected chi connectivity index (χ1v) is 9.84. The molecule has 27 heavy (non-hydrogen) atoms. The lowest BCUT2D eigenvalue weighted by Crippen LogP contribution is -2.66. The van der Waals surface area contributed by atoms with E-state index in [0.29, 0.717) is 23.1 Å². The Bertz CT molecular complexity index is 862. The van der Waals surface area contributed by atoms with E-state index in [0.717, 1.165) is 37.7 Å². The number of benzene rings is 1. The van der Waals surface area contributed by atoms with Crippen molar-refractivity contribution in [1.82, 2.24) is 20.1 Å². The Hall–Kier alpha value is -2.37. The first-order valence-electron chi connectivity index (χ1n) is 9.84. The van der Waals surface area contributed by atoms with E-state index in [4.69, 9.17) is 4.74 Å². The van der Waals surface area contributed by atoms with Crippen molar-refractivity contribution in [3.05, 3.63) is 42.0 Å². The lowest BCUT2D eigenvalue weighted by atomic mass is 9.50. The summed E-state index contributed by atoms with van der Waals surface area (Å²) in [4.78, 5) is 17.5. The summed E-state index contributed by atoms with van der Waals surface area (Å²) >= 11 is 0. The van der Waals surface area contributed by atoms with Gasteiger partial charge < -0.3 is 10.1 Å². The highest BCUT2D eigenvalue weighted by Gasteiger charge is 2.59. The van der Waals surface area contributed by atoms with Gasteiger partial charge in [0.05, 0.1) is 18.2 Å². The topological polar surface area (TPSA) is 69.0 Å². The summed E-state index contributed by atoms with van der Waals surface area (Å²) in [6.45, 7) is 1.97. The van der Waals surface area contributed by atoms with Crippen LogP contribution in [0.5, 0.6) is 5.75 Å². The predicted octanol–water partition coefficient (Wildman–Crippen LogP) is 3.07. The number of methoxy groups -OCH3 is 1. The maximum atomic E-state index is 13.3. The van der Waals surface area contributed by atoms with Crippen LogP contribution in [0.4, 0.5) is 0 Å². The average molecular weight is 366 g/mol. The minimum atomic E-state index is -0.152. The third-order valence-electron chi connectivity index (χ3n) is 7.00. The Balaban J connectivity index is 1.48. The maximum Gasteiger partial charge on any atom is 0.255 e. The molecular weight excluding hydrogens is 340 g/mol. The highest BCUT2D eigenvalue weighted by Crippen LogP contribution is 2.60. The number of carbonyl (C=O) groups excluding carboxylic acids is 1.